The van der Waals surface area contributed by atoms with Crippen molar-refractivity contribution in [1.29, 1.82) is 0 Å². The minimum absolute atomic E-state index is 0.0498. The van der Waals surface area contributed by atoms with Gasteiger partial charge in [-0.05, 0) is 61.8 Å². The lowest BCUT2D eigenvalue weighted by Crippen LogP contribution is -2.36. The topological polar surface area (TPSA) is 66.4 Å². The van der Waals surface area contributed by atoms with Crippen LogP contribution in [0.3, 0.4) is 0 Å². The summed E-state index contributed by atoms with van der Waals surface area (Å²) >= 11 is 0. The lowest BCUT2D eigenvalue weighted by Gasteiger charge is -2.31. The molecule has 164 valence electrons. The number of amides is 1. The van der Waals surface area contributed by atoms with Crippen LogP contribution in [0.15, 0.2) is 24.5 Å². The van der Waals surface area contributed by atoms with Crippen LogP contribution in [0.4, 0.5) is 11.6 Å². The van der Waals surface area contributed by atoms with Gasteiger partial charge in [-0.1, -0.05) is 20.8 Å². The Kier molecular flexibility index (Phi) is 6.35. The molecule has 0 aromatic carbocycles. The summed E-state index contributed by atoms with van der Waals surface area (Å²) in [5.74, 6) is 1.87. The van der Waals surface area contributed by atoms with E-state index in [4.69, 9.17) is 4.98 Å². The molecular formula is C25H32N4O2. The molecule has 0 radical (unpaired) electrons. The van der Waals surface area contributed by atoms with Crippen LogP contribution in [0.5, 0.6) is 0 Å². The van der Waals surface area contributed by atoms with Crippen LogP contribution >= 0.6 is 0 Å². The number of nitrogens with zero attached hydrogens (tertiary/aromatic N) is 4. The zero-order chi connectivity index (χ0) is 22.0. The standard InChI is InChI=1S/C25H32N4O2/c1-4-18-14-22(26-16-21(18)23(30)17(2)3)29-12-8-9-19-13-20(15-27-24(19)29)25(31)28-10-6-5-7-11-28/h13-17H,4-12H2,1-3H3. The smallest absolute Gasteiger partial charge is 0.255 e. The molecule has 0 bridgehead atoms. The lowest BCUT2D eigenvalue weighted by molar-refractivity contribution is 0.0723. The van der Waals surface area contributed by atoms with E-state index >= 15 is 0 Å². The van der Waals surface area contributed by atoms with Crippen molar-refractivity contribution >= 4 is 23.3 Å². The van der Waals surface area contributed by atoms with E-state index in [2.05, 4.69) is 16.8 Å². The molecule has 4 rings (SSSR count). The maximum atomic E-state index is 12.9. The fourth-order valence-corrected chi connectivity index (χ4v) is 4.54. The Morgan fingerprint density at radius 1 is 1.00 bits per heavy atom. The monoisotopic (exact) mass is 420 g/mol. The molecule has 0 N–H and O–H groups in total. The van der Waals surface area contributed by atoms with E-state index in [1.165, 1.54) is 6.42 Å². The zero-order valence-corrected chi connectivity index (χ0v) is 18.9. The number of pyridine rings is 2. The molecular weight excluding hydrogens is 388 g/mol. The first kappa shape index (κ1) is 21.5. The molecule has 0 unspecified atom stereocenters. The second-order valence-corrected chi connectivity index (χ2v) is 8.89. The van der Waals surface area contributed by atoms with Crippen LogP contribution in [0.1, 0.15) is 78.3 Å². The summed E-state index contributed by atoms with van der Waals surface area (Å²) in [7, 11) is 0. The maximum absolute atomic E-state index is 12.9. The summed E-state index contributed by atoms with van der Waals surface area (Å²) in [4.78, 5) is 38.9. The van der Waals surface area contributed by atoms with Crippen LogP contribution in [0, 0.1) is 5.92 Å². The highest BCUT2D eigenvalue weighted by molar-refractivity contribution is 5.99. The van der Waals surface area contributed by atoms with Gasteiger partial charge in [0.15, 0.2) is 5.78 Å². The number of Topliss-reactive ketones (excluding diaryl/α,β-unsaturated/α-hetero) is 1. The molecule has 0 atom stereocenters. The van der Waals surface area contributed by atoms with Crippen molar-refractivity contribution in [2.45, 2.75) is 59.3 Å². The van der Waals surface area contributed by atoms with Crippen LogP contribution in [-0.2, 0) is 12.8 Å². The van der Waals surface area contributed by atoms with Gasteiger partial charge in [-0.25, -0.2) is 9.97 Å². The van der Waals surface area contributed by atoms with Gasteiger partial charge in [-0.2, -0.15) is 0 Å². The summed E-state index contributed by atoms with van der Waals surface area (Å²) in [6.07, 6.45) is 9.47. The largest absolute Gasteiger partial charge is 0.339 e. The zero-order valence-electron chi connectivity index (χ0n) is 18.9. The minimum Gasteiger partial charge on any atom is -0.339 e. The third-order valence-electron chi connectivity index (χ3n) is 6.34. The predicted octanol–water partition coefficient (Wildman–Crippen LogP) is 4.59. The van der Waals surface area contributed by atoms with E-state index in [0.717, 1.165) is 74.5 Å². The minimum atomic E-state index is -0.0498. The van der Waals surface area contributed by atoms with Crippen molar-refractivity contribution in [3.8, 4) is 0 Å². The van der Waals surface area contributed by atoms with Crippen molar-refractivity contribution in [2.75, 3.05) is 24.5 Å². The molecule has 0 spiro atoms. The molecule has 2 aliphatic rings. The van der Waals surface area contributed by atoms with Gasteiger partial charge >= 0.3 is 0 Å². The average molecular weight is 421 g/mol. The Labute approximate surface area is 184 Å². The number of hydrogen-bond donors (Lipinski definition) is 0. The first-order chi connectivity index (χ1) is 15.0. The second kappa shape index (κ2) is 9.16. The molecule has 31 heavy (non-hydrogen) atoms. The van der Waals surface area contributed by atoms with Crippen LogP contribution < -0.4 is 4.90 Å². The fourth-order valence-electron chi connectivity index (χ4n) is 4.54. The van der Waals surface area contributed by atoms with Crippen LogP contribution in [0.2, 0.25) is 0 Å². The van der Waals surface area contributed by atoms with Gasteiger partial charge in [-0.15, -0.1) is 0 Å². The van der Waals surface area contributed by atoms with E-state index in [9.17, 15) is 9.59 Å². The molecule has 6 heteroatoms. The predicted molar refractivity (Wildman–Crippen MR) is 122 cm³/mol. The lowest BCUT2D eigenvalue weighted by atomic mass is 9.96. The number of fused-ring (bicyclic) bond motifs is 1. The van der Waals surface area contributed by atoms with Crippen LogP contribution in [-0.4, -0.2) is 46.2 Å². The Bertz CT molecular complexity index is 979. The third kappa shape index (κ3) is 4.34. The van der Waals surface area contributed by atoms with Gasteiger partial charge in [0.2, 0.25) is 0 Å². The average Bonchev–Trinajstić information content (AvgIpc) is 2.82. The normalized spacial score (nSPS) is 16.4. The molecule has 6 nitrogen and oxygen atoms in total. The van der Waals surface area contributed by atoms with Crippen molar-refractivity contribution in [3.63, 3.8) is 0 Å². The first-order valence-corrected chi connectivity index (χ1v) is 11.6. The Hall–Kier alpha value is -2.76. The summed E-state index contributed by atoms with van der Waals surface area (Å²) in [6.45, 7) is 8.41. The summed E-state index contributed by atoms with van der Waals surface area (Å²) in [5, 5.41) is 0. The van der Waals surface area contributed by atoms with E-state index in [-0.39, 0.29) is 17.6 Å². The van der Waals surface area contributed by atoms with Crippen molar-refractivity contribution < 1.29 is 9.59 Å². The van der Waals surface area contributed by atoms with Gasteiger partial charge in [0.1, 0.15) is 11.6 Å². The maximum Gasteiger partial charge on any atom is 0.255 e. The quantitative estimate of drug-likeness (QED) is 0.662. The first-order valence-electron chi connectivity index (χ1n) is 11.6. The van der Waals surface area contributed by atoms with Crippen molar-refractivity contribution in [3.05, 3.63) is 46.8 Å². The molecule has 4 heterocycles. The van der Waals surface area contributed by atoms with E-state index < -0.39 is 0 Å². The number of carbonyl (C=O) groups excluding carboxylic acids is 2. The third-order valence-corrected chi connectivity index (χ3v) is 6.34. The highest BCUT2D eigenvalue weighted by Crippen LogP contribution is 2.32. The van der Waals surface area contributed by atoms with Gasteiger partial charge < -0.3 is 9.80 Å². The van der Waals surface area contributed by atoms with Gasteiger partial charge in [0.25, 0.3) is 5.91 Å². The molecule has 0 saturated carbocycles. The molecule has 2 aliphatic heterocycles. The number of piperidine rings is 1. The van der Waals surface area contributed by atoms with Crippen LogP contribution in [0.25, 0.3) is 0 Å². The number of aryl methyl sites for hydroxylation is 2. The molecule has 1 amide bonds. The Morgan fingerprint density at radius 2 is 1.77 bits per heavy atom. The summed E-state index contributed by atoms with van der Waals surface area (Å²) in [6, 6.07) is 4.04. The number of carbonyl (C=O) groups is 2. The molecule has 1 fully saturated rings. The van der Waals surface area contributed by atoms with Gasteiger partial charge in [0, 0.05) is 43.5 Å². The number of anilines is 2. The van der Waals surface area contributed by atoms with Gasteiger partial charge in [0.05, 0.1) is 5.56 Å². The van der Waals surface area contributed by atoms with E-state index in [0.29, 0.717) is 11.1 Å². The van der Waals surface area contributed by atoms with Gasteiger partial charge in [-0.3, -0.25) is 9.59 Å². The Balaban J connectivity index is 1.62. The SMILES string of the molecule is CCc1cc(N2CCCc3cc(C(=O)N4CCCCC4)cnc32)ncc1C(=O)C(C)C. The van der Waals surface area contributed by atoms with E-state index in [1.54, 1.807) is 12.4 Å². The molecule has 1 saturated heterocycles. The molecule has 2 aromatic rings. The number of aromatic nitrogens is 2. The number of hydrogen-bond acceptors (Lipinski definition) is 5. The van der Waals surface area contributed by atoms with E-state index in [1.807, 2.05) is 30.9 Å². The summed E-state index contributed by atoms with van der Waals surface area (Å²) < 4.78 is 0. The number of ketones is 1. The van der Waals surface area contributed by atoms with Crippen molar-refractivity contribution in [2.24, 2.45) is 5.92 Å². The highest BCUT2D eigenvalue weighted by atomic mass is 16.2. The second-order valence-electron chi connectivity index (χ2n) is 8.89. The molecule has 0 aliphatic carbocycles. The Morgan fingerprint density at radius 3 is 2.48 bits per heavy atom. The summed E-state index contributed by atoms with van der Waals surface area (Å²) in [5.41, 5.74) is 3.51. The van der Waals surface area contributed by atoms with Crippen molar-refractivity contribution in [1.82, 2.24) is 14.9 Å². The highest BCUT2D eigenvalue weighted by Gasteiger charge is 2.25. The fraction of sp³-hybridized carbons (Fsp3) is 0.520. The molecule has 2 aromatic heterocycles. The number of rotatable bonds is 5. The number of likely N-dealkylation sites (tertiary alicyclic amines) is 1.